The zero-order chi connectivity index (χ0) is 8.81. The highest BCUT2D eigenvalue weighted by atomic mass is 16.5. The summed E-state index contributed by atoms with van der Waals surface area (Å²) in [5.41, 5.74) is 0. The lowest BCUT2D eigenvalue weighted by molar-refractivity contribution is -0.148. The summed E-state index contributed by atoms with van der Waals surface area (Å²) in [5, 5.41) is 3.04. The van der Waals surface area contributed by atoms with Gasteiger partial charge in [-0.3, -0.25) is 9.59 Å². The first-order chi connectivity index (χ1) is 5.84. The van der Waals surface area contributed by atoms with Crippen LogP contribution < -0.4 is 5.32 Å². The predicted molar refractivity (Wildman–Crippen MR) is 42.7 cm³/mol. The van der Waals surface area contributed by atoms with Crippen LogP contribution in [0.25, 0.3) is 0 Å². The minimum absolute atomic E-state index is 0.128. The molecule has 1 aliphatic heterocycles. The number of esters is 1. The largest absolute Gasteiger partial charge is 0.457 e. The molecule has 4 nitrogen and oxygen atoms in total. The SMILES string of the molecule is O=CCOC(=O)[C@@H]1CCCCN1. The first-order valence-corrected chi connectivity index (χ1v) is 4.18. The van der Waals surface area contributed by atoms with Crippen molar-refractivity contribution in [3.05, 3.63) is 0 Å². The molecule has 0 saturated carbocycles. The summed E-state index contributed by atoms with van der Waals surface area (Å²) < 4.78 is 4.66. The van der Waals surface area contributed by atoms with E-state index < -0.39 is 0 Å². The lowest BCUT2D eigenvalue weighted by atomic mass is 10.1. The molecule has 0 unspecified atom stereocenters. The molecule has 12 heavy (non-hydrogen) atoms. The van der Waals surface area contributed by atoms with E-state index in [1.807, 2.05) is 0 Å². The van der Waals surface area contributed by atoms with E-state index in [1.54, 1.807) is 0 Å². The molecule has 1 rings (SSSR count). The van der Waals surface area contributed by atoms with Crippen molar-refractivity contribution >= 4 is 12.3 Å². The Kier molecular flexibility index (Phi) is 3.73. The minimum Gasteiger partial charge on any atom is -0.457 e. The molecule has 0 bridgehead atoms. The summed E-state index contributed by atoms with van der Waals surface area (Å²) in [6, 6.07) is -0.196. The third-order valence-electron chi connectivity index (χ3n) is 1.89. The molecule has 1 N–H and O–H groups in total. The average Bonchev–Trinajstić information content (AvgIpc) is 2.15. The monoisotopic (exact) mass is 171 g/mol. The molecule has 68 valence electrons. The number of ether oxygens (including phenoxy) is 1. The van der Waals surface area contributed by atoms with Gasteiger partial charge in [0.1, 0.15) is 12.6 Å². The van der Waals surface area contributed by atoms with Gasteiger partial charge in [0.15, 0.2) is 6.29 Å². The van der Waals surface area contributed by atoms with E-state index in [0.717, 1.165) is 25.8 Å². The highest BCUT2D eigenvalue weighted by Gasteiger charge is 2.21. The Hall–Kier alpha value is -0.900. The molecule has 0 aromatic heterocycles. The van der Waals surface area contributed by atoms with Crippen molar-refractivity contribution in [2.24, 2.45) is 0 Å². The summed E-state index contributed by atoms with van der Waals surface area (Å²) >= 11 is 0. The number of nitrogens with one attached hydrogen (secondary N) is 1. The van der Waals surface area contributed by atoms with Gasteiger partial charge in [0.2, 0.25) is 0 Å². The fourth-order valence-electron chi connectivity index (χ4n) is 1.27. The van der Waals surface area contributed by atoms with Gasteiger partial charge in [0, 0.05) is 0 Å². The lowest BCUT2D eigenvalue weighted by Crippen LogP contribution is -2.41. The van der Waals surface area contributed by atoms with Crippen LogP contribution in [0.2, 0.25) is 0 Å². The van der Waals surface area contributed by atoms with Crippen molar-refractivity contribution in [3.8, 4) is 0 Å². The van der Waals surface area contributed by atoms with E-state index in [-0.39, 0.29) is 18.6 Å². The van der Waals surface area contributed by atoms with Crippen LogP contribution in [-0.4, -0.2) is 31.4 Å². The zero-order valence-electron chi connectivity index (χ0n) is 6.91. The first kappa shape index (κ1) is 9.19. The van der Waals surface area contributed by atoms with E-state index in [1.165, 1.54) is 0 Å². The van der Waals surface area contributed by atoms with Crippen LogP contribution >= 0.6 is 0 Å². The van der Waals surface area contributed by atoms with Crippen LogP contribution in [0.5, 0.6) is 0 Å². The van der Waals surface area contributed by atoms with Crippen molar-refractivity contribution < 1.29 is 14.3 Å². The summed E-state index contributed by atoms with van der Waals surface area (Å²) in [7, 11) is 0. The molecule has 1 saturated heterocycles. The summed E-state index contributed by atoms with van der Waals surface area (Å²) in [4.78, 5) is 21.0. The highest BCUT2D eigenvalue weighted by molar-refractivity contribution is 5.77. The maximum atomic E-state index is 11.1. The van der Waals surface area contributed by atoms with E-state index in [2.05, 4.69) is 10.1 Å². The van der Waals surface area contributed by atoms with E-state index in [0.29, 0.717) is 6.29 Å². The van der Waals surface area contributed by atoms with E-state index >= 15 is 0 Å². The standard InChI is InChI=1S/C8H13NO3/c10-5-6-12-8(11)7-3-1-2-4-9-7/h5,7,9H,1-4,6H2/t7-/m0/s1. The van der Waals surface area contributed by atoms with Crippen molar-refractivity contribution in [3.63, 3.8) is 0 Å². The maximum absolute atomic E-state index is 11.1. The van der Waals surface area contributed by atoms with Crippen LogP contribution in [0.4, 0.5) is 0 Å². The van der Waals surface area contributed by atoms with Gasteiger partial charge in [-0.05, 0) is 19.4 Å². The second-order valence-electron chi connectivity index (χ2n) is 2.80. The Morgan fingerprint density at radius 2 is 2.42 bits per heavy atom. The summed E-state index contributed by atoms with van der Waals surface area (Å²) in [6.07, 6.45) is 3.56. The molecule has 0 aliphatic carbocycles. The van der Waals surface area contributed by atoms with Gasteiger partial charge in [-0.15, -0.1) is 0 Å². The molecule has 4 heteroatoms. The first-order valence-electron chi connectivity index (χ1n) is 4.18. The van der Waals surface area contributed by atoms with Gasteiger partial charge in [0.25, 0.3) is 0 Å². The second-order valence-corrected chi connectivity index (χ2v) is 2.80. The fraction of sp³-hybridized carbons (Fsp3) is 0.750. The third-order valence-corrected chi connectivity index (χ3v) is 1.89. The Morgan fingerprint density at radius 1 is 1.58 bits per heavy atom. The third kappa shape index (κ3) is 2.62. The van der Waals surface area contributed by atoms with Gasteiger partial charge in [-0.25, -0.2) is 0 Å². The minimum atomic E-state index is -0.304. The zero-order valence-corrected chi connectivity index (χ0v) is 6.91. The Morgan fingerprint density at radius 3 is 3.00 bits per heavy atom. The van der Waals surface area contributed by atoms with Gasteiger partial charge in [0.05, 0.1) is 0 Å². The molecule has 1 fully saturated rings. The van der Waals surface area contributed by atoms with E-state index in [9.17, 15) is 9.59 Å². The number of aldehydes is 1. The summed E-state index contributed by atoms with van der Waals surface area (Å²) in [6.45, 7) is 0.734. The summed E-state index contributed by atoms with van der Waals surface area (Å²) in [5.74, 6) is -0.304. The highest BCUT2D eigenvalue weighted by Crippen LogP contribution is 2.07. The van der Waals surface area contributed by atoms with Crippen LogP contribution in [0.1, 0.15) is 19.3 Å². The molecule has 1 aliphatic rings. The second kappa shape index (κ2) is 4.87. The smallest absolute Gasteiger partial charge is 0.323 e. The van der Waals surface area contributed by atoms with Crippen molar-refractivity contribution in [1.82, 2.24) is 5.32 Å². The van der Waals surface area contributed by atoms with Gasteiger partial charge in [-0.2, -0.15) is 0 Å². The quantitative estimate of drug-likeness (QED) is 0.474. The number of carbonyl (C=O) groups is 2. The van der Waals surface area contributed by atoms with Crippen LogP contribution in [0.15, 0.2) is 0 Å². The normalized spacial score (nSPS) is 23.2. The molecule has 0 aromatic rings. The lowest BCUT2D eigenvalue weighted by Gasteiger charge is -2.20. The number of rotatable bonds is 3. The fourth-order valence-corrected chi connectivity index (χ4v) is 1.27. The topological polar surface area (TPSA) is 55.4 Å². The van der Waals surface area contributed by atoms with Crippen molar-refractivity contribution in [1.29, 1.82) is 0 Å². The number of piperidine rings is 1. The van der Waals surface area contributed by atoms with Gasteiger partial charge < -0.3 is 10.1 Å². The van der Waals surface area contributed by atoms with Crippen LogP contribution in [0, 0.1) is 0 Å². The predicted octanol–water partition coefficient (Wildman–Crippen LogP) is -0.129. The Labute approximate surface area is 71.3 Å². The van der Waals surface area contributed by atoms with Crippen molar-refractivity contribution in [2.75, 3.05) is 13.2 Å². The van der Waals surface area contributed by atoms with Gasteiger partial charge >= 0.3 is 5.97 Å². The Balaban J connectivity index is 2.24. The molecular formula is C8H13NO3. The molecule has 0 amide bonds. The van der Waals surface area contributed by atoms with Crippen LogP contribution in [0.3, 0.4) is 0 Å². The maximum Gasteiger partial charge on any atom is 0.323 e. The molecule has 0 radical (unpaired) electrons. The Bertz CT molecular complexity index is 164. The molecule has 0 spiro atoms. The average molecular weight is 171 g/mol. The number of hydrogen-bond donors (Lipinski definition) is 1. The molecule has 1 atom stereocenters. The van der Waals surface area contributed by atoms with Crippen LogP contribution in [-0.2, 0) is 14.3 Å². The number of hydrogen-bond acceptors (Lipinski definition) is 4. The number of carbonyl (C=O) groups excluding carboxylic acids is 2. The molecule has 0 aromatic carbocycles. The molecule has 1 heterocycles. The van der Waals surface area contributed by atoms with Gasteiger partial charge in [-0.1, -0.05) is 6.42 Å². The molecular weight excluding hydrogens is 158 g/mol. The van der Waals surface area contributed by atoms with E-state index in [4.69, 9.17) is 0 Å². The van der Waals surface area contributed by atoms with Crippen molar-refractivity contribution in [2.45, 2.75) is 25.3 Å².